The van der Waals surface area contributed by atoms with E-state index in [-0.39, 0.29) is 6.79 Å². The Morgan fingerprint density at radius 1 is 0.700 bits per heavy atom. The van der Waals surface area contributed by atoms with Crippen LogP contribution in [0.3, 0.4) is 0 Å². The van der Waals surface area contributed by atoms with Crippen molar-refractivity contribution in [2.24, 2.45) is 0 Å². The van der Waals surface area contributed by atoms with Gasteiger partial charge in [0.2, 0.25) is 6.79 Å². The van der Waals surface area contributed by atoms with E-state index >= 15 is 0 Å². The molecule has 5 heteroatoms. The summed E-state index contributed by atoms with van der Waals surface area (Å²) >= 11 is 0. The standard InChI is InChI=1S/C15H11NO4/c1-3-10-14(18-6-5-17-10)12-8(1)9-2-4-11-15(13(9)16-12)20-7-19-11/h1-4,16H,5-7H2. The highest BCUT2D eigenvalue weighted by atomic mass is 16.7. The van der Waals surface area contributed by atoms with Gasteiger partial charge in [-0.15, -0.1) is 0 Å². The van der Waals surface area contributed by atoms with Crippen molar-refractivity contribution in [3.05, 3.63) is 24.3 Å². The molecule has 2 aromatic carbocycles. The van der Waals surface area contributed by atoms with E-state index in [1.54, 1.807) is 0 Å². The lowest BCUT2D eigenvalue weighted by Crippen LogP contribution is -2.15. The number of nitrogens with one attached hydrogen (secondary N) is 1. The molecular formula is C15H11NO4. The number of fused-ring (bicyclic) bond motifs is 7. The van der Waals surface area contributed by atoms with E-state index < -0.39 is 0 Å². The van der Waals surface area contributed by atoms with Crippen molar-refractivity contribution in [1.29, 1.82) is 0 Å². The van der Waals surface area contributed by atoms with E-state index in [0.717, 1.165) is 44.8 Å². The van der Waals surface area contributed by atoms with Crippen LogP contribution in [0, 0.1) is 0 Å². The first-order valence-corrected chi connectivity index (χ1v) is 6.54. The maximum Gasteiger partial charge on any atom is 0.231 e. The van der Waals surface area contributed by atoms with Gasteiger partial charge in [-0.1, -0.05) is 0 Å². The molecule has 0 amide bonds. The van der Waals surface area contributed by atoms with Crippen molar-refractivity contribution >= 4 is 21.8 Å². The second-order valence-electron chi connectivity index (χ2n) is 4.86. The lowest BCUT2D eigenvalue weighted by Gasteiger charge is -2.18. The number of benzene rings is 2. The summed E-state index contributed by atoms with van der Waals surface area (Å²) in [6.07, 6.45) is 0. The van der Waals surface area contributed by atoms with Gasteiger partial charge in [0.25, 0.3) is 0 Å². The highest BCUT2D eigenvalue weighted by Gasteiger charge is 2.23. The molecule has 3 heterocycles. The van der Waals surface area contributed by atoms with Gasteiger partial charge in [0, 0.05) is 10.8 Å². The van der Waals surface area contributed by atoms with E-state index in [1.165, 1.54) is 0 Å². The molecule has 0 fully saturated rings. The molecule has 0 atom stereocenters. The smallest absolute Gasteiger partial charge is 0.231 e. The first kappa shape index (κ1) is 10.3. The minimum atomic E-state index is 0.265. The molecule has 1 N–H and O–H groups in total. The van der Waals surface area contributed by atoms with Crippen molar-refractivity contribution < 1.29 is 18.9 Å². The molecule has 3 aromatic rings. The van der Waals surface area contributed by atoms with Crippen molar-refractivity contribution in [2.45, 2.75) is 0 Å². The number of aromatic amines is 1. The van der Waals surface area contributed by atoms with Crippen LogP contribution in [0.25, 0.3) is 21.8 Å². The summed E-state index contributed by atoms with van der Waals surface area (Å²) in [6, 6.07) is 7.98. The summed E-state index contributed by atoms with van der Waals surface area (Å²) < 4.78 is 22.4. The molecule has 1 aromatic heterocycles. The Hall–Kier alpha value is -2.56. The van der Waals surface area contributed by atoms with E-state index in [2.05, 4.69) is 4.98 Å². The first-order chi connectivity index (χ1) is 9.92. The molecule has 20 heavy (non-hydrogen) atoms. The van der Waals surface area contributed by atoms with Crippen LogP contribution in [-0.2, 0) is 0 Å². The fourth-order valence-electron chi connectivity index (χ4n) is 2.91. The molecule has 0 saturated carbocycles. The third-order valence-corrected chi connectivity index (χ3v) is 3.79. The molecule has 0 saturated heterocycles. The van der Waals surface area contributed by atoms with Crippen molar-refractivity contribution in [3.8, 4) is 23.0 Å². The number of H-pyrrole nitrogens is 1. The third-order valence-electron chi connectivity index (χ3n) is 3.79. The monoisotopic (exact) mass is 269 g/mol. The van der Waals surface area contributed by atoms with E-state index in [1.807, 2.05) is 24.3 Å². The Kier molecular flexibility index (Phi) is 1.80. The van der Waals surface area contributed by atoms with Crippen LogP contribution in [0.1, 0.15) is 0 Å². The fraction of sp³-hybridized carbons (Fsp3) is 0.200. The maximum absolute atomic E-state index is 5.76. The quantitative estimate of drug-likeness (QED) is 0.682. The largest absolute Gasteiger partial charge is 0.486 e. The predicted octanol–water partition coefficient (Wildman–Crippen LogP) is 2.82. The minimum absolute atomic E-state index is 0.265. The maximum atomic E-state index is 5.76. The molecule has 0 bridgehead atoms. The van der Waals surface area contributed by atoms with Gasteiger partial charge in [-0.05, 0) is 24.3 Å². The Bertz CT molecular complexity index is 852. The molecule has 0 radical (unpaired) electrons. The molecule has 0 aliphatic carbocycles. The minimum Gasteiger partial charge on any atom is -0.486 e. The predicted molar refractivity (Wildman–Crippen MR) is 72.9 cm³/mol. The van der Waals surface area contributed by atoms with Crippen molar-refractivity contribution in [3.63, 3.8) is 0 Å². The number of hydrogen-bond acceptors (Lipinski definition) is 4. The van der Waals surface area contributed by atoms with E-state index in [0.29, 0.717) is 13.2 Å². The normalized spacial score (nSPS) is 16.0. The molecule has 0 spiro atoms. The second kappa shape index (κ2) is 3.50. The fourth-order valence-corrected chi connectivity index (χ4v) is 2.91. The molecule has 2 aliphatic heterocycles. The average Bonchev–Trinajstić information content (AvgIpc) is 3.10. The Morgan fingerprint density at radius 2 is 1.35 bits per heavy atom. The Labute approximate surface area is 114 Å². The van der Waals surface area contributed by atoms with Gasteiger partial charge in [-0.3, -0.25) is 0 Å². The van der Waals surface area contributed by atoms with Gasteiger partial charge >= 0.3 is 0 Å². The zero-order valence-corrected chi connectivity index (χ0v) is 10.6. The van der Waals surface area contributed by atoms with Gasteiger partial charge in [0.15, 0.2) is 23.0 Å². The molecule has 2 aliphatic rings. The molecule has 5 rings (SSSR count). The van der Waals surface area contributed by atoms with Gasteiger partial charge in [-0.2, -0.15) is 0 Å². The number of rotatable bonds is 0. The summed E-state index contributed by atoms with van der Waals surface area (Å²) in [7, 11) is 0. The topological polar surface area (TPSA) is 52.7 Å². The lowest BCUT2D eigenvalue weighted by molar-refractivity contribution is 0.173. The number of ether oxygens (including phenoxy) is 4. The zero-order valence-electron chi connectivity index (χ0n) is 10.6. The van der Waals surface area contributed by atoms with Gasteiger partial charge in [0.05, 0.1) is 11.0 Å². The highest BCUT2D eigenvalue weighted by Crippen LogP contribution is 2.45. The van der Waals surface area contributed by atoms with Crippen LogP contribution in [0.4, 0.5) is 0 Å². The zero-order chi connectivity index (χ0) is 13.1. The summed E-state index contributed by atoms with van der Waals surface area (Å²) in [5.41, 5.74) is 1.89. The summed E-state index contributed by atoms with van der Waals surface area (Å²) in [5.74, 6) is 3.10. The van der Waals surface area contributed by atoms with Crippen LogP contribution in [-0.4, -0.2) is 25.0 Å². The van der Waals surface area contributed by atoms with Crippen LogP contribution in [0.15, 0.2) is 24.3 Å². The van der Waals surface area contributed by atoms with E-state index in [9.17, 15) is 0 Å². The second-order valence-corrected chi connectivity index (χ2v) is 4.86. The van der Waals surface area contributed by atoms with Gasteiger partial charge in [-0.25, -0.2) is 0 Å². The Balaban J connectivity index is 1.92. The Morgan fingerprint density at radius 3 is 2.15 bits per heavy atom. The van der Waals surface area contributed by atoms with Gasteiger partial charge < -0.3 is 23.9 Å². The highest BCUT2D eigenvalue weighted by molar-refractivity contribution is 6.12. The summed E-state index contributed by atoms with van der Waals surface area (Å²) in [5, 5.41) is 2.20. The van der Waals surface area contributed by atoms with Crippen molar-refractivity contribution in [2.75, 3.05) is 20.0 Å². The SMILES string of the molecule is c1cc2c([nH]c3c4c(ccc32)OCO4)c2c1OCCO2. The van der Waals surface area contributed by atoms with Crippen LogP contribution in [0.2, 0.25) is 0 Å². The van der Waals surface area contributed by atoms with Crippen molar-refractivity contribution in [1.82, 2.24) is 4.98 Å². The van der Waals surface area contributed by atoms with Gasteiger partial charge in [0.1, 0.15) is 13.2 Å². The van der Waals surface area contributed by atoms with Crippen LogP contribution in [0.5, 0.6) is 23.0 Å². The summed E-state index contributed by atoms with van der Waals surface area (Å²) in [4.78, 5) is 3.40. The number of aromatic nitrogens is 1. The summed E-state index contributed by atoms with van der Waals surface area (Å²) in [6.45, 7) is 1.42. The average molecular weight is 269 g/mol. The molecule has 0 unspecified atom stereocenters. The van der Waals surface area contributed by atoms with Crippen LogP contribution >= 0.6 is 0 Å². The first-order valence-electron chi connectivity index (χ1n) is 6.54. The molecule has 5 nitrogen and oxygen atoms in total. The molecular weight excluding hydrogens is 258 g/mol. The molecule has 100 valence electrons. The number of hydrogen-bond donors (Lipinski definition) is 1. The lowest BCUT2D eigenvalue weighted by atomic mass is 10.1. The third kappa shape index (κ3) is 1.17. The van der Waals surface area contributed by atoms with Crippen LogP contribution < -0.4 is 18.9 Å². The van der Waals surface area contributed by atoms with E-state index in [4.69, 9.17) is 18.9 Å².